The second-order valence-corrected chi connectivity index (χ2v) is 17.6. The Morgan fingerprint density at radius 1 is 0.390 bits per heavy atom. The fourth-order valence-corrected chi connectivity index (χ4v) is 11.5. The first-order valence-corrected chi connectivity index (χ1v) is 21.4. The van der Waals surface area contributed by atoms with E-state index < -0.39 is 0 Å². The van der Waals surface area contributed by atoms with Gasteiger partial charge in [0.05, 0.1) is 5.69 Å². The zero-order valence-electron chi connectivity index (χ0n) is 33.5. The van der Waals surface area contributed by atoms with Crippen LogP contribution in [0.5, 0.6) is 0 Å². The minimum atomic E-state index is -0.346. The fraction of sp³-hybridized carbons (Fsp3) is 0.0877. The van der Waals surface area contributed by atoms with Crippen molar-refractivity contribution in [3.63, 3.8) is 0 Å². The maximum Gasteiger partial charge on any atom is 0.0540 e. The molecule has 0 N–H and O–H groups in total. The zero-order chi connectivity index (χ0) is 39.7. The molecule has 11 rings (SSSR count). The first kappa shape index (κ1) is 35.5. The second kappa shape index (κ2) is 13.8. The molecule has 1 aliphatic heterocycles. The zero-order valence-corrected chi connectivity index (χ0v) is 34.3. The summed E-state index contributed by atoms with van der Waals surface area (Å²) in [4.78, 5) is 5.11. The average molecular weight is 774 g/mol. The Bertz CT molecular complexity index is 3030. The van der Waals surface area contributed by atoms with Crippen LogP contribution in [0.2, 0.25) is 0 Å². The van der Waals surface area contributed by atoms with E-state index in [1.165, 1.54) is 81.8 Å². The summed E-state index contributed by atoms with van der Waals surface area (Å²) in [5, 5.41) is 2.44. The normalized spacial score (nSPS) is 15.8. The quantitative estimate of drug-likeness (QED) is 0.166. The molecule has 0 amide bonds. The highest BCUT2D eigenvalue weighted by Crippen LogP contribution is 2.61. The van der Waals surface area contributed by atoms with Gasteiger partial charge >= 0.3 is 0 Å². The summed E-state index contributed by atoms with van der Waals surface area (Å²) in [6.07, 6.45) is 0. The summed E-state index contributed by atoms with van der Waals surface area (Å²) < 4.78 is 0. The van der Waals surface area contributed by atoms with Crippen molar-refractivity contribution in [1.82, 2.24) is 0 Å². The van der Waals surface area contributed by atoms with Gasteiger partial charge in [0.15, 0.2) is 0 Å². The molecule has 2 heteroatoms. The molecule has 0 radical (unpaired) electrons. The van der Waals surface area contributed by atoms with Crippen LogP contribution in [0.1, 0.15) is 48.6 Å². The van der Waals surface area contributed by atoms with Gasteiger partial charge < -0.3 is 4.90 Å². The van der Waals surface area contributed by atoms with Crippen molar-refractivity contribution in [3.8, 4) is 33.4 Å². The smallest absolute Gasteiger partial charge is 0.0540 e. The van der Waals surface area contributed by atoms with Gasteiger partial charge in [-0.25, -0.2) is 0 Å². The first-order chi connectivity index (χ1) is 28.9. The standard InChI is InChI=1S/C57H43NS/c1-56(2)48-25-13-12-23-47(48)53-49(56)36-37-51-55(53)59-54-46(24-15-26-50(54)57(51,3)42-20-8-5-9-21-42)41-30-34-44(35-31-41)58(52-27-14-19-40-18-10-11-22-45(40)52)43-32-28-39(29-33-43)38-16-6-4-7-17-38/h4-37H,1-3H3. The van der Waals surface area contributed by atoms with Gasteiger partial charge in [0.1, 0.15) is 0 Å². The summed E-state index contributed by atoms with van der Waals surface area (Å²) in [5.41, 5.74) is 17.5. The van der Waals surface area contributed by atoms with Gasteiger partial charge in [0, 0.05) is 42.9 Å². The van der Waals surface area contributed by atoms with Crippen LogP contribution in [0, 0.1) is 0 Å². The van der Waals surface area contributed by atoms with Gasteiger partial charge in [-0.3, -0.25) is 0 Å². The monoisotopic (exact) mass is 773 g/mol. The predicted molar refractivity (Wildman–Crippen MR) is 250 cm³/mol. The number of nitrogens with zero attached hydrogens (tertiary/aromatic N) is 1. The van der Waals surface area contributed by atoms with Gasteiger partial charge in [-0.15, -0.1) is 0 Å². The third-order valence-electron chi connectivity index (χ3n) is 13.0. The molecule has 9 aromatic rings. The summed E-state index contributed by atoms with van der Waals surface area (Å²) in [7, 11) is 0. The van der Waals surface area contributed by atoms with E-state index in [1.807, 2.05) is 11.8 Å². The number of benzene rings is 9. The molecule has 0 saturated carbocycles. The Balaban J connectivity index is 1.06. The summed E-state index contributed by atoms with van der Waals surface area (Å²) in [6.45, 7) is 7.21. The molecule has 0 saturated heterocycles. The Hall–Kier alpha value is -6.61. The Kier molecular flexibility index (Phi) is 8.29. The lowest BCUT2D eigenvalue weighted by Crippen LogP contribution is -2.30. The van der Waals surface area contributed by atoms with Gasteiger partial charge in [-0.2, -0.15) is 0 Å². The molecule has 0 spiro atoms. The average Bonchev–Trinajstić information content (AvgIpc) is 3.53. The van der Waals surface area contributed by atoms with Crippen molar-refractivity contribution in [2.75, 3.05) is 4.90 Å². The Labute approximate surface area is 351 Å². The van der Waals surface area contributed by atoms with Crippen LogP contribution in [0.4, 0.5) is 17.1 Å². The first-order valence-electron chi connectivity index (χ1n) is 20.6. The van der Waals surface area contributed by atoms with Crippen LogP contribution in [-0.2, 0) is 10.8 Å². The topological polar surface area (TPSA) is 3.24 Å². The number of fused-ring (bicyclic) bond motifs is 7. The maximum absolute atomic E-state index is 2.44. The lowest BCUT2D eigenvalue weighted by Gasteiger charge is -2.40. The fourth-order valence-electron chi connectivity index (χ4n) is 9.91. The maximum atomic E-state index is 2.44. The third-order valence-corrected chi connectivity index (χ3v) is 14.3. The number of hydrogen-bond acceptors (Lipinski definition) is 2. The highest BCUT2D eigenvalue weighted by atomic mass is 32.2. The Morgan fingerprint density at radius 3 is 1.69 bits per heavy atom. The van der Waals surface area contributed by atoms with Crippen molar-refractivity contribution in [1.29, 1.82) is 0 Å². The Morgan fingerprint density at radius 2 is 0.932 bits per heavy atom. The van der Waals surface area contributed by atoms with E-state index in [0.29, 0.717) is 0 Å². The lowest BCUT2D eigenvalue weighted by molar-refractivity contribution is 0.643. The molecule has 1 aliphatic carbocycles. The second-order valence-electron chi connectivity index (χ2n) is 16.6. The number of anilines is 3. The highest BCUT2D eigenvalue weighted by Gasteiger charge is 2.44. The number of rotatable bonds is 6. The molecule has 2 aliphatic rings. The largest absolute Gasteiger partial charge is 0.310 e. The van der Waals surface area contributed by atoms with Crippen LogP contribution in [0.25, 0.3) is 44.2 Å². The van der Waals surface area contributed by atoms with Crippen LogP contribution >= 0.6 is 11.8 Å². The van der Waals surface area contributed by atoms with E-state index in [0.717, 1.165) is 17.1 Å². The van der Waals surface area contributed by atoms with Crippen molar-refractivity contribution in [2.45, 2.75) is 41.4 Å². The van der Waals surface area contributed by atoms with Crippen molar-refractivity contribution < 1.29 is 0 Å². The molecule has 1 unspecified atom stereocenters. The molecular weight excluding hydrogens is 731 g/mol. The highest BCUT2D eigenvalue weighted by molar-refractivity contribution is 7.99. The van der Waals surface area contributed by atoms with E-state index >= 15 is 0 Å². The van der Waals surface area contributed by atoms with Crippen LogP contribution in [-0.4, -0.2) is 0 Å². The van der Waals surface area contributed by atoms with E-state index in [1.54, 1.807) is 0 Å². The molecule has 1 atom stereocenters. The lowest BCUT2D eigenvalue weighted by atomic mass is 9.69. The molecule has 1 heterocycles. The van der Waals surface area contributed by atoms with Crippen LogP contribution < -0.4 is 4.90 Å². The summed E-state index contributed by atoms with van der Waals surface area (Å²) in [6, 6.07) is 76.1. The predicted octanol–water partition coefficient (Wildman–Crippen LogP) is 15.8. The van der Waals surface area contributed by atoms with Crippen molar-refractivity contribution >= 4 is 39.6 Å². The number of hydrogen-bond donors (Lipinski definition) is 0. The summed E-state index contributed by atoms with van der Waals surface area (Å²) in [5.74, 6) is 0. The van der Waals surface area contributed by atoms with Gasteiger partial charge in [-0.05, 0) is 98.3 Å². The van der Waals surface area contributed by atoms with E-state index in [2.05, 4.69) is 232 Å². The van der Waals surface area contributed by atoms with Gasteiger partial charge in [0.2, 0.25) is 0 Å². The van der Waals surface area contributed by atoms with E-state index in [-0.39, 0.29) is 10.8 Å². The molecule has 0 fully saturated rings. The molecule has 1 nitrogen and oxygen atoms in total. The van der Waals surface area contributed by atoms with Gasteiger partial charge in [0.25, 0.3) is 0 Å². The van der Waals surface area contributed by atoms with Crippen molar-refractivity contribution in [3.05, 3.63) is 234 Å². The van der Waals surface area contributed by atoms with E-state index in [9.17, 15) is 0 Å². The van der Waals surface area contributed by atoms with Gasteiger partial charge in [-0.1, -0.05) is 202 Å². The van der Waals surface area contributed by atoms with E-state index in [4.69, 9.17) is 0 Å². The van der Waals surface area contributed by atoms with Crippen LogP contribution in [0.15, 0.2) is 216 Å². The molecule has 0 aromatic heterocycles. The SMILES string of the molecule is CC1(C)c2ccccc2-c2c1ccc1c2Sc2c(-c3ccc(N(c4ccc(-c5ccccc5)cc4)c4cccc5ccccc45)cc3)cccc2C1(C)c1ccccc1. The minimum absolute atomic E-state index is 0.0713. The molecule has 0 bridgehead atoms. The molecule has 59 heavy (non-hydrogen) atoms. The summed E-state index contributed by atoms with van der Waals surface area (Å²) >= 11 is 1.97. The minimum Gasteiger partial charge on any atom is -0.310 e. The van der Waals surface area contributed by atoms with Crippen molar-refractivity contribution in [2.24, 2.45) is 0 Å². The molecule has 282 valence electrons. The van der Waals surface area contributed by atoms with Crippen LogP contribution in [0.3, 0.4) is 0 Å². The third kappa shape index (κ3) is 5.54. The molecule has 9 aromatic carbocycles. The molecular formula is C57H43NS.